The first-order valence-electron chi connectivity index (χ1n) is 14.0. The fourth-order valence-corrected chi connectivity index (χ4v) is 5.08. The van der Waals surface area contributed by atoms with Gasteiger partial charge in [0, 0.05) is 45.5 Å². The number of anilines is 2. The molecule has 0 aliphatic carbocycles. The number of fused-ring (bicyclic) bond motifs is 1. The first-order chi connectivity index (χ1) is 20.6. The zero-order chi connectivity index (χ0) is 31.1. The van der Waals surface area contributed by atoms with E-state index >= 15 is 0 Å². The van der Waals surface area contributed by atoms with Crippen LogP contribution in [0.5, 0.6) is 5.75 Å². The Morgan fingerprint density at radius 3 is 2.49 bits per heavy atom. The predicted molar refractivity (Wildman–Crippen MR) is 161 cm³/mol. The number of halogens is 1. The summed E-state index contributed by atoms with van der Waals surface area (Å²) in [5.41, 5.74) is 1.51. The molecule has 1 aliphatic rings. The number of aromatic carboxylic acids is 1. The molecule has 0 aromatic heterocycles. The molecule has 3 aromatic carbocycles. The third kappa shape index (κ3) is 7.88. The SMILES string of the molecule is CO[C@H]1CN(C)C(=O)c2cc(NC(=O)Nc3ccccc3F)ccc2OC[C@H](C)N(Cc2ccccc2C(=O)O)C[C@@H]1C. The third-order valence-corrected chi connectivity index (χ3v) is 7.57. The lowest BCUT2D eigenvalue weighted by Crippen LogP contribution is -2.46. The van der Waals surface area contributed by atoms with Crippen LogP contribution in [0.15, 0.2) is 66.7 Å². The highest BCUT2D eigenvalue weighted by molar-refractivity contribution is 6.02. The molecule has 3 amide bonds. The maximum atomic E-state index is 14.0. The summed E-state index contributed by atoms with van der Waals surface area (Å²) in [6.07, 6.45) is -0.310. The number of carbonyl (C=O) groups excluding carboxylic acids is 2. The average Bonchev–Trinajstić information content (AvgIpc) is 2.98. The number of ether oxygens (including phenoxy) is 2. The molecule has 0 saturated heterocycles. The highest BCUT2D eigenvalue weighted by Crippen LogP contribution is 2.27. The van der Waals surface area contributed by atoms with Gasteiger partial charge in [0.2, 0.25) is 0 Å². The van der Waals surface area contributed by atoms with Gasteiger partial charge in [-0.05, 0) is 54.8 Å². The van der Waals surface area contributed by atoms with Crippen LogP contribution in [0.4, 0.5) is 20.6 Å². The number of carboxylic acid groups (broad SMARTS) is 1. The van der Waals surface area contributed by atoms with Gasteiger partial charge in [0.25, 0.3) is 5.91 Å². The van der Waals surface area contributed by atoms with Gasteiger partial charge in [-0.1, -0.05) is 37.3 Å². The van der Waals surface area contributed by atoms with E-state index in [4.69, 9.17) is 9.47 Å². The van der Waals surface area contributed by atoms with Gasteiger partial charge in [0.05, 0.1) is 22.9 Å². The van der Waals surface area contributed by atoms with E-state index in [1.807, 2.05) is 26.0 Å². The molecule has 3 aromatic rings. The van der Waals surface area contributed by atoms with E-state index in [9.17, 15) is 23.9 Å². The molecule has 0 bridgehead atoms. The number of rotatable bonds is 6. The fraction of sp³-hybridized carbons (Fsp3) is 0.344. The Morgan fingerprint density at radius 1 is 1.05 bits per heavy atom. The maximum absolute atomic E-state index is 14.0. The van der Waals surface area contributed by atoms with Crippen molar-refractivity contribution in [1.29, 1.82) is 0 Å². The van der Waals surface area contributed by atoms with Crippen LogP contribution in [0.3, 0.4) is 0 Å². The number of nitrogens with zero attached hydrogens (tertiary/aromatic N) is 2. The number of amides is 3. The Hall–Kier alpha value is -4.48. The van der Waals surface area contributed by atoms with Gasteiger partial charge in [-0.25, -0.2) is 14.0 Å². The van der Waals surface area contributed by atoms with E-state index in [-0.39, 0.29) is 53.9 Å². The second kappa shape index (κ2) is 14.1. The summed E-state index contributed by atoms with van der Waals surface area (Å²) in [5.74, 6) is -1.57. The molecule has 0 spiro atoms. The van der Waals surface area contributed by atoms with Gasteiger partial charge < -0.3 is 30.1 Å². The molecule has 0 saturated carbocycles. The summed E-state index contributed by atoms with van der Waals surface area (Å²) in [5, 5.41) is 14.8. The van der Waals surface area contributed by atoms with Crippen molar-refractivity contribution >= 4 is 29.3 Å². The molecule has 0 radical (unpaired) electrons. The molecule has 43 heavy (non-hydrogen) atoms. The Kier molecular flexibility index (Phi) is 10.3. The molecule has 0 unspecified atom stereocenters. The second-order valence-electron chi connectivity index (χ2n) is 10.8. The van der Waals surface area contributed by atoms with Crippen molar-refractivity contribution in [1.82, 2.24) is 9.80 Å². The summed E-state index contributed by atoms with van der Waals surface area (Å²) in [6.45, 7) is 5.48. The summed E-state index contributed by atoms with van der Waals surface area (Å²) < 4.78 is 26.0. The third-order valence-electron chi connectivity index (χ3n) is 7.57. The monoisotopic (exact) mass is 592 g/mol. The molecule has 1 heterocycles. The standard InChI is InChI=1S/C32H37FN4O6/c1-20-16-37(17-22-9-5-6-10-24(22)31(39)40)21(2)19-43-28-14-13-23(15-25(28)30(38)36(3)18-29(20)42-4)34-32(41)35-27-12-8-7-11-26(27)33/h5-15,20-21,29H,16-19H2,1-4H3,(H,39,40)(H2,34,35,41)/t20-,21-,29-/m0/s1. The minimum absolute atomic E-state index is 0.0198. The summed E-state index contributed by atoms with van der Waals surface area (Å²) in [6, 6.07) is 16.6. The molecule has 4 rings (SSSR count). The smallest absolute Gasteiger partial charge is 0.336 e. The van der Waals surface area contributed by atoms with E-state index < -0.39 is 17.8 Å². The number of carbonyl (C=O) groups is 3. The number of para-hydroxylation sites is 1. The van der Waals surface area contributed by atoms with Gasteiger partial charge >= 0.3 is 12.0 Å². The number of methoxy groups -OCH3 is 1. The van der Waals surface area contributed by atoms with Crippen LogP contribution >= 0.6 is 0 Å². The first-order valence-corrected chi connectivity index (χ1v) is 14.0. The van der Waals surface area contributed by atoms with Crippen LogP contribution in [-0.4, -0.2) is 78.8 Å². The van der Waals surface area contributed by atoms with Crippen LogP contribution in [0.25, 0.3) is 0 Å². The number of hydrogen-bond acceptors (Lipinski definition) is 6. The van der Waals surface area contributed by atoms with Crippen molar-refractivity contribution in [3.63, 3.8) is 0 Å². The lowest BCUT2D eigenvalue weighted by Gasteiger charge is -2.36. The highest BCUT2D eigenvalue weighted by atomic mass is 19.1. The number of benzene rings is 3. The topological polar surface area (TPSA) is 120 Å². The van der Waals surface area contributed by atoms with E-state index in [0.29, 0.717) is 30.1 Å². The van der Waals surface area contributed by atoms with Gasteiger partial charge in [-0.2, -0.15) is 0 Å². The second-order valence-corrected chi connectivity index (χ2v) is 10.8. The minimum atomic E-state index is -0.988. The Morgan fingerprint density at radius 2 is 1.77 bits per heavy atom. The number of urea groups is 1. The van der Waals surface area contributed by atoms with Crippen LogP contribution in [-0.2, 0) is 11.3 Å². The number of hydrogen-bond donors (Lipinski definition) is 3. The largest absolute Gasteiger partial charge is 0.491 e. The molecular formula is C32H37FN4O6. The maximum Gasteiger partial charge on any atom is 0.336 e. The van der Waals surface area contributed by atoms with Crippen molar-refractivity contribution in [2.75, 3.05) is 44.5 Å². The van der Waals surface area contributed by atoms with Crippen molar-refractivity contribution in [3.05, 3.63) is 89.2 Å². The van der Waals surface area contributed by atoms with Gasteiger partial charge in [0.1, 0.15) is 18.2 Å². The Bertz CT molecular complexity index is 1470. The van der Waals surface area contributed by atoms with E-state index in [1.54, 1.807) is 49.4 Å². The van der Waals surface area contributed by atoms with Crippen LogP contribution in [0, 0.1) is 11.7 Å². The van der Waals surface area contributed by atoms with E-state index in [1.165, 1.54) is 24.3 Å². The van der Waals surface area contributed by atoms with Gasteiger partial charge in [0.15, 0.2) is 0 Å². The molecule has 11 heteroatoms. The molecule has 0 fully saturated rings. The Labute approximate surface area is 250 Å². The lowest BCUT2D eigenvalue weighted by molar-refractivity contribution is 0.00915. The Balaban J connectivity index is 1.61. The highest BCUT2D eigenvalue weighted by Gasteiger charge is 2.29. The molecule has 10 nitrogen and oxygen atoms in total. The van der Waals surface area contributed by atoms with Crippen LogP contribution in [0.2, 0.25) is 0 Å². The average molecular weight is 593 g/mol. The normalized spacial score (nSPS) is 19.8. The molecule has 3 atom stereocenters. The summed E-state index contributed by atoms with van der Waals surface area (Å²) in [4.78, 5) is 41.8. The minimum Gasteiger partial charge on any atom is -0.491 e. The number of carboxylic acids is 1. The van der Waals surface area contributed by atoms with Crippen molar-refractivity contribution in [2.24, 2.45) is 5.92 Å². The van der Waals surface area contributed by atoms with E-state index in [0.717, 1.165) is 0 Å². The number of likely N-dealkylation sites (N-methyl/N-ethyl adjacent to an activating group) is 1. The molecule has 3 N–H and O–H groups in total. The summed E-state index contributed by atoms with van der Waals surface area (Å²) >= 11 is 0. The predicted octanol–water partition coefficient (Wildman–Crippen LogP) is 5.17. The lowest BCUT2D eigenvalue weighted by atomic mass is 10.00. The molecule has 228 valence electrons. The zero-order valence-corrected chi connectivity index (χ0v) is 24.7. The van der Waals surface area contributed by atoms with Crippen molar-refractivity contribution in [2.45, 2.75) is 32.5 Å². The van der Waals surface area contributed by atoms with Gasteiger partial charge in [-0.15, -0.1) is 0 Å². The molecular weight excluding hydrogens is 555 g/mol. The van der Waals surface area contributed by atoms with E-state index in [2.05, 4.69) is 15.5 Å². The zero-order valence-electron chi connectivity index (χ0n) is 24.7. The summed E-state index contributed by atoms with van der Waals surface area (Å²) in [7, 11) is 3.28. The first kappa shape index (κ1) is 31.5. The quantitative estimate of drug-likeness (QED) is 0.361. The van der Waals surface area contributed by atoms with Crippen molar-refractivity contribution in [3.8, 4) is 5.75 Å². The van der Waals surface area contributed by atoms with Crippen LogP contribution in [0.1, 0.15) is 40.1 Å². The van der Waals surface area contributed by atoms with Gasteiger partial charge in [-0.3, -0.25) is 9.69 Å². The fourth-order valence-electron chi connectivity index (χ4n) is 5.08. The number of nitrogens with one attached hydrogen (secondary N) is 2. The van der Waals surface area contributed by atoms with Crippen molar-refractivity contribution < 1.29 is 33.4 Å². The molecule has 1 aliphatic heterocycles. The van der Waals surface area contributed by atoms with Crippen LogP contribution < -0.4 is 15.4 Å².